The van der Waals surface area contributed by atoms with Crippen LogP contribution in [-0.4, -0.2) is 23.0 Å². The van der Waals surface area contributed by atoms with Crippen molar-refractivity contribution in [2.45, 2.75) is 33.2 Å². The smallest absolute Gasteiger partial charge is 0.326 e. The van der Waals surface area contributed by atoms with E-state index in [0.717, 1.165) is 5.56 Å². The first kappa shape index (κ1) is 15.5. The summed E-state index contributed by atoms with van der Waals surface area (Å²) < 4.78 is 0. The molecule has 0 saturated heterocycles. The quantitative estimate of drug-likeness (QED) is 0.892. The number of amides is 1. The monoisotopic (exact) mass is 283 g/mol. The van der Waals surface area contributed by atoms with E-state index in [9.17, 15) is 9.59 Å². The third-order valence-corrected chi connectivity index (χ3v) is 2.91. The van der Waals surface area contributed by atoms with E-state index >= 15 is 0 Å². The highest BCUT2D eigenvalue weighted by Gasteiger charge is 2.32. The fourth-order valence-electron chi connectivity index (χ4n) is 1.69. The second kappa shape index (κ2) is 6.06. The van der Waals surface area contributed by atoms with Gasteiger partial charge in [0.25, 0.3) is 0 Å². The lowest BCUT2D eigenvalue weighted by molar-refractivity contribution is -0.144. The summed E-state index contributed by atoms with van der Waals surface area (Å²) in [6.07, 6.45) is 0.112. The first-order valence-electron chi connectivity index (χ1n) is 5.97. The lowest BCUT2D eigenvalue weighted by Crippen LogP contribution is -2.49. The van der Waals surface area contributed by atoms with Crippen LogP contribution in [0.5, 0.6) is 0 Å². The van der Waals surface area contributed by atoms with Gasteiger partial charge in [0.1, 0.15) is 6.04 Å². The van der Waals surface area contributed by atoms with Crippen molar-refractivity contribution in [3.63, 3.8) is 0 Å². The molecule has 2 N–H and O–H groups in total. The molecule has 0 heterocycles. The zero-order chi connectivity index (χ0) is 14.6. The lowest BCUT2D eigenvalue weighted by atomic mass is 9.86. The van der Waals surface area contributed by atoms with Crippen LogP contribution in [0.3, 0.4) is 0 Å². The Hall–Kier alpha value is -1.55. The zero-order valence-corrected chi connectivity index (χ0v) is 12.0. The van der Waals surface area contributed by atoms with Gasteiger partial charge in [0.15, 0.2) is 0 Å². The van der Waals surface area contributed by atoms with Gasteiger partial charge in [-0.2, -0.15) is 0 Å². The first-order valence-corrected chi connectivity index (χ1v) is 6.34. The number of carbonyl (C=O) groups excluding carboxylic acids is 1. The standard InChI is InChI=1S/C14H18ClNO3/c1-14(2,3)12(13(18)19)16-11(17)8-9-5-4-6-10(15)7-9/h4-7,12H,8H2,1-3H3,(H,16,17)(H,18,19)/t12-/m1/s1. The molecule has 0 aliphatic rings. The third-order valence-electron chi connectivity index (χ3n) is 2.67. The molecule has 0 bridgehead atoms. The van der Waals surface area contributed by atoms with E-state index in [4.69, 9.17) is 16.7 Å². The highest BCUT2D eigenvalue weighted by Crippen LogP contribution is 2.19. The summed E-state index contributed by atoms with van der Waals surface area (Å²) in [5.41, 5.74) is 0.207. The van der Waals surface area contributed by atoms with E-state index in [2.05, 4.69) is 5.32 Å². The van der Waals surface area contributed by atoms with Gasteiger partial charge >= 0.3 is 5.97 Å². The van der Waals surface area contributed by atoms with Crippen molar-refractivity contribution >= 4 is 23.5 Å². The molecule has 0 fully saturated rings. The molecule has 0 aliphatic carbocycles. The molecular formula is C14H18ClNO3. The van der Waals surface area contributed by atoms with Crippen LogP contribution in [0.15, 0.2) is 24.3 Å². The normalized spacial score (nSPS) is 12.8. The van der Waals surface area contributed by atoms with Gasteiger partial charge in [-0.15, -0.1) is 0 Å². The van der Waals surface area contributed by atoms with Crippen LogP contribution in [0.1, 0.15) is 26.3 Å². The molecule has 0 aromatic heterocycles. The van der Waals surface area contributed by atoms with E-state index in [1.807, 2.05) is 0 Å². The molecule has 1 amide bonds. The van der Waals surface area contributed by atoms with Crippen molar-refractivity contribution in [2.75, 3.05) is 0 Å². The summed E-state index contributed by atoms with van der Waals surface area (Å²) in [5, 5.41) is 12.2. The highest BCUT2D eigenvalue weighted by atomic mass is 35.5. The Bertz CT molecular complexity index is 480. The van der Waals surface area contributed by atoms with Crippen molar-refractivity contribution < 1.29 is 14.7 Å². The van der Waals surface area contributed by atoms with Crippen LogP contribution < -0.4 is 5.32 Å². The van der Waals surface area contributed by atoms with Crippen LogP contribution >= 0.6 is 11.6 Å². The molecule has 5 heteroatoms. The maximum atomic E-state index is 11.9. The molecule has 1 aromatic carbocycles. The number of carboxylic acids is 1. The van der Waals surface area contributed by atoms with Crippen molar-refractivity contribution in [1.82, 2.24) is 5.32 Å². The van der Waals surface area contributed by atoms with Gasteiger partial charge in [-0.05, 0) is 23.1 Å². The second-order valence-corrected chi connectivity index (χ2v) is 5.95. The van der Waals surface area contributed by atoms with Gasteiger partial charge in [0.2, 0.25) is 5.91 Å². The highest BCUT2D eigenvalue weighted by molar-refractivity contribution is 6.30. The largest absolute Gasteiger partial charge is 0.480 e. The summed E-state index contributed by atoms with van der Waals surface area (Å²) in [7, 11) is 0. The summed E-state index contributed by atoms with van der Waals surface area (Å²) >= 11 is 5.83. The molecular weight excluding hydrogens is 266 g/mol. The van der Waals surface area contributed by atoms with Gasteiger partial charge in [-0.1, -0.05) is 44.5 Å². The summed E-state index contributed by atoms with van der Waals surface area (Å²) in [6.45, 7) is 5.31. The van der Waals surface area contributed by atoms with Crippen LogP contribution in [0.25, 0.3) is 0 Å². The molecule has 0 radical (unpaired) electrons. The molecule has 4 nitrogen and oxygen atoms in total. The van der Waals surface area contributed by atoms with Crippen molar-refractivity contribution in [3.8, 4) is 0 Å². The van der Waals surface area contributed by atoms with Gasteiger partial charge in [0.05, 0.1) is 6.42 Å². The number of nitrogens with one attached hydrogen (secondary N) is 1. The number of benzene rings is 1. The minimum absolute atomic E-state index is 0.112. The number of carboxylic acid groups (broad SMARTS) is 1. The fraction of sp³-hybridized carbons (Fsp3) is 0.429. The topological polar surface area (TPSA) is 66.4 Å². The van der Waals surface area contributed by atoms with Crippen molar-refractivity contribution in [2.24, 2.45) is 5.41 Å². The van der Waals surface area contributed by atoms with Crippen molar-refractivity contribution in [1.29, 1.82) is 0 Å². The number of hydrogen-bond acceptors (Lipinski definition) is 2. The summed E-state index contributed by atoms with van der Waals surface area (Å²) in [4.78, 5) is 23.0. The summed E-state index contributed by atoms with van der Waals surface area (Å²) in [5.74, 6) is -1.36. The molecule has 0 unspecified atom stereocenters. The molecule has 1 aromatic rings. The first-order chi connectivity index (χ1) is 8.70. The number of hydrogen-bond donors (Lipinski definition) is 2. The molecule has 19 heavy (non-hydrogen) atoms. The Morgan fingerprint density at radius 2 is 2.00 bits per heavy atom. The fourth-order valence-corrected chi connectivity index (χ4v) is 1.91. The van der Waals surface area contributed by atoms with E-state index in [1.54, 1.807) is 45.0 Å². The van der Waals surface area contributed by atoms with E-state index in [1.165, 1.54) is 0 Å². The van der Waals surface area contributed by atoms with Gasteiger partial charge in [0, 0.05) is 5.02 Å². The number of halogens is 1. The minimum Gasteiger partial charge on any atom is -0.480 e. The predicted molar refractivity (Wildman–Crippen MR) is 74.2 cm³/mol. The van der Waals surface area contributed by atoms with Crippen molar-refractivity contribution in [3.05, 3.63) is 34.9 Å². The van der Waals surface area contributed by atoms with Crippen LogP contribution in [0, 0.1) is 5.41 Å². The Labute approximate surface area is 117 Å². The summed E-state index contributed by atoms with van der Waals surface area (Å²) in [6, 6.07) is 6.02. The Balaban J connectivity index is 2.71. The Morgan fingerprint density at radius 1 is 1.37 bits per heavy atom. The van der Waals surface area contributed by atoms with E-state index in [0.29, 0.717) is 5.02 Å². The second-order valence-electron chi connectivity index (χ2n) is 5.51. The number of carbonyl (C=O) groups is 2. The Kier molecular flexibility index (Phi) is 4.95. The average molecular weight is 284 g/mol. The zero-order valence-electron chi connectivity index (χ0n) is 11.2. The van der Waals surface area contributed by atoms with Gasteiger partial charge in [-0.25, -0.2) is 4.79 Å². The Morgan fingerprint density at radius 3 is 2.47 bits per heavy atom. The number of rotatable bonds is 4. The lowest BCUT2D eigenvalue weighted by Gasteiger charge is -2.27. The molecule has 0 saturated carbocycles. The molecule has 1 atom stereocenters. The maximum absolute atomic E-state index is 11.9. The molecule has 104 valence electrons. The van der Waals surface area contributed by atoms with Crippen LogP contribution in [0.4, 0.5) is 0 Å². The van der Waals surface area contributed by atoms with E-state index < -0.39 is 17.4 Å². The maximum Gasteiger partial charge on any atom is 0.326 e. The molecule has 0 aliphatic heterocycles. The van der Waals surface area contributed by atoms with E-state index in [-0.39, 0.29) is 12.3 Å². The van der Waals surface area contributed by atoms with Crippen LogP contribution in [-0.2, 0) is 16.0 Å². The number of aliphatic carboxylic acids is 1. The third kappa shape index (κ3) is 4.91. The minimum atomic E-state index is -1.04. The van der Waals surface area contributed by atoms with Crippen LogP contribution in [0.2, 0.25) is 5.02 Å². The predicted octanol–water partition coefficient (Wildman–Crippen LogP) is 2.50. The molecule has 1 rings (SSSR count). The average Bonchev–Trinajstić information content (AvgIpc) is 2.24. The SMILES string of the molecule is CC(C)(C)[C@H](NC(=O)Cc1cccc(Cl)c1)C(=O)O. The van der Waals surface area contributed by atoms with Gasteiger partial charge < -0.3 is 10.4 Å². The van der Waals surface area contributed by atoms with Gasteiger partial charge in [-0.3, -0.25) is 4.79 Å². The molecule has 0 spiro atoms.